The van der Waals surface area contributed by atoms with Crippen LogP contribution in [0.25, 0.3) is 5.76 Å². The van der Waals surface area contributed by atoms with Gasteiger partial charge in [-0.3, -0.25) is 14.5 Å². The van der Waals surface area contributed by atoms with Crippen LogP contribution in [0.4, 0.5) is 10.1 Å². The Morgan fingerprint density at radius 3 is 2.11 bits per heavy atom. The van der Waals surface area contributed by atoms with Gasteiger partial charge in [-0.1, -0.05) is 12.1 Å². The highest BCUT2D eigenvalue weighted by Gasteiger charge is 2.47. The van der Waals surface area contributed by atoms with Gasteiger partial charge in [0.25, 0.3) is 11.7 Å². The molecule has 0 spiro atoms. The Labute approximate surface area is 201 Å². The van der Waals surface area contributed by atoms with Crippen molar-refractivity contribution in [2.24, 2.45) is 0 Å². The quantitative estimate of drug-likeness (QED) is 0.242. The Bertz CT molecular complexity index is 1300. The summed E-state index contributed by atoms with van der Waals surface area (Å²) in [6, 6.07) is 16.7. The van der Waals surface area contributed by atoms with Crippen molar-refractivity contribution >= 4 is 29.1 Å². The molecule has 7 nitrogen and oxygen atoms in total. The molecule has 1 heterocycles. The third-order valence-electron chi connectivity index (χ3n) is 5.65. The summed E-state index contributed by atoms with van der Waals surface area (Å²) in [5.74, 6) is -2.57. The van der Waals surface area contributed by atoms with Crippen LogP contribution >= 0.6 is 0 Å². The second-order valence-corrected chi connectivity index (χ2v) is 7.72. The van der Waals surface area contributed by atoms with Crippen LogP contribution in [0.2, 0.25) is 0 Å². The molecule has 1 amide bonds. The number of hydrogen-bond donors (Lipinski definition) is 1. The molecule has 178 valence electrons. The van der Waals surface area contributed by atoms with Crippen LogP contribution < -0.4 is 9.64 Å². The van der Waals surface area contributed by atoms with Gasteiger partial charge in [0.15, 0.2) is 0 Å². The first-order chi connectivity index (χ1) is 16.8. The highest BCUT2D eigenvalue weighted by atomic mass is 19.1. The van der Waals surface area contributed by atoms with E-state index in [9.17, 15) is 23.9 Å². The lowest BCUT2D eigenvalue weighted by atomic mass is 9.95. The highest BCUT2D eigenvalue weighted by molar-refractivity contribution is 6.51. The summed E-state index contributed by atoms with van der Waals surface area (Å²) >= 11 is 0. The summed E-state index contributed by atoms with van der Waals surface area (Å²) in [5, 5.41) is 11.1. The Morgan fingerprint density at radius 1 is 0.943 bits per heavy atom. The van der Waals surface area contributed by atoms with Gasteiger partial charge in [0, 0.05) is 11.3 Å². The smallest absolute Gasteiger partial charge is 0.338 e. The van der Waals surface area contributed by atoms with E-state index in [0.717, 1.165) is 0 Å². The van der Waals surface area contributed by atoms with Crippen molar-refractivity contribution in [1.82, 2.24) is 0 Å². The van der Waals surface area contributed by atoms with Gasteiger partial charge in [0.05, 0.1) is 30.9 Å². The molecule has 1 fully saturated rings. The van der Waals surface area contributed by atoms with Gasteiger partial charge in [0.1, 0.15) is 17.3 Å². The predicted octanol–water partition coefficient (Wildman–Crippen LogP) is 4.64. The number of benzene rings is 3. The lowest BCUT2D eigenvalue weighted by Gasteiger charge is -2.25. The van der Waals surface area contributed by atoms with E-state index in [1.54, 1.807) is 31.2 Å². The van der Waals surface area contributed by atoms with Crippen molar-refractivity contribution in [3.05, 3.63) is 101 Å². The number of ketones is 1. The van der Waals surface area contributed by atoms with Crippen molar-refractivity contribution < 1.29 is 33.4 Å². The minimum Gasteiger partial charge on any atom is -0.507 e. The zero-order chi connectivity index (χ0) is 25.1. The molecule has 0 radical (unpaired) electrons. The van der Waals surface area contributed by atoms with Crippen molar-refractivity contribution in [2.45, 2.75) is 13.0 Å². The molecule has 3 aromatic carbocycles. The zero-order valence-electron chi connectivity index (χ0n) is 19.0. The first-order valence-corrected chi connectivity index (χ1v) is 10.8. The Hall–Kier alpha value is -4.46. The second kappa shape index (κ2) is 9.80. The van der Waals surface area contributed by atoms with Crippen molar-refractivity contribution in [1.29, 1.82) is 0 Å². The molecular weight excluding hydrogens is 453 g/mol. The van der Waals surface area contributed by atoms with Gasteiger partial charge >= 0.3 is 5.97 Å². The molecule has 0 saturated carbocycles. The van der Waals surface area contributed by atoms with E-state index in [2.05, 4.69) is 0 Å². The van der Waals surface area contributed by atoms with Crippen molar-refractivity contribution in [2.75, 3.05) is 18.6 Å². The van der Waals surface area contributed by atoms with Gasteiger partial charge in [-0.05, 0) is 73.2 Å². The molecule has 0 aliphatic carbocycles. The van der Waals surface area contributed by atoms with Crippen molar-refractivity contribution in [3.63, 3.8) is 0 Å². The molecule has 1 N–H and O–H groups in total. The van der Waals surface area contributed by atoms with E-state index in [1.807, 2.05) is 0 Å². The van der Waals surface area contributed by atoms with E-state index in [4.69, 9.17) is 9.47 Å². The fourth-order valence-electron chi connectivity index (χ4n) is 3.94. The Balaban J connectivity index is 1.84. The number of rotatable bonds is 6. The maximum Gasteiger partial charge on any atom is 0.338 e. The molecule has 0 aromatic heterocycles. The SMILES string of the molecule is CCOC(=O)c1ccc(N2C(=O)C(=O)C(=C(O)c3ccc(OC)cc3)C2c2ccc(F)cc2)cc1. The first kappa shape index (κ1) is 23.7. The largest absolute Gasteiger partial charge is 0.507 e. The van der Waals surface area contributed by atoms with Gasteiger partial charge in [-0.25, -0.2) is 9.18 Å². The molecule has 35 heavy (non-hydrogen) atoms. The molecule has 3 aromatic rings. The lowest BCUT2D eigenvalue weighted by molar-refractivity contribution is -0.132. The monoisotopic (exact) mass is 475 g/mol. The summed E-state index contributed by atoms with van der Waals surface area (Å²) in [6.07, 6.45) is 0. The van der Waals surface area contributed by atoms with Crippen LogP contribution in [-0.4, -0.2) is 36.5 Å². The minimum absolute atomic E-state index is 0.138. The van der Waals surface area contributed by atoms with E-state index in [1.165, 1.54) is 60.5 Å². The van der Waals surface area contributed by atoms with E-state index in [0.29, 0.717) is 22.6 Å². The summed E-state index contributed by atoms with van der Waals surface area (Å²) in [4.78, 5) is 39.6. The summed E-state index contributed by atoms with van der Waals surface area (Å²) in [7, 11) is 1.50. The van der Waals surface area contributed by atoms with Crippen LogP contribution in [0.1, 0.15) is 34.5 Å². The zero-order valence-corrected chi connectivity index (χ0v) is 19.0. The highest BCUT2D eigenvalue weighted by Crippen LogP contribution is 2.42. The number of esters is 1. The van der Waals surface area contributed by atoms with Crippen LogP contribution in [0.15, 0.2) is 78.4 Å². The fraction of sp³-hybridized carbons (Fsp3) is 0.148. The molecule has 0 bridgehead atoms. The van der Waals surface area contributed by atoms with Gasteiger partial charge in [0.2, 0.25) is 0 Å². The second-order valence-electron chi connectivity index (χ2n) is 7.72. The van der Waals surface area contributed by atoms with Gasteiger partial charge in [-0.15, -0.1) is 0 Å². The Morgan fingerprint density at radius 2 is 1.54 bits per heavy atom. The standard InChI is InChI=1S/C27H22FNO6/c1-3-35-27(33)18-6-12-20(13-7-18)29-23(16-4-10-19(28)11-5-16)22(25(31)26(29)32)24(30)17-8-14-21(34-2)15-9-17/h4-15,23,30H,3H2,1-2H3. The fourth-order valence-corrected chi connectivity index (χ4v) is 3.94. The number of aliphatic hydroxyl groups is 1. The number of carbonyl (C=O) groups is 3. The molecule has 1 aliphatic rings. The number of amides is 1. The number of Topliss-reactive ketones (excluding diaryl/α,β-unsaturated/α-hetero) is 1. The average Bonchev–Trinajstić information content (AvgIpc) is 3.14. The topological polar surface area (TPSA) is 93.1 Å². The number of methoxy groups -OCH3 is 1. The maximum atomic E-state index is 13.7. The third kappa shape index (κ3) is 4.50. The average molecular weight is 475 g/mol. The molecule has 1 aliphatic heterocycles. The molecule has 1 atom stereocenters. The van der Waals surface area contributed by atoms with E-state index < -0.39 is 29.5 Å². The number of halogens is 1. The summed E-state index contributed by atoms with van der Waals surface area (Å²) in [6.45, 7) is 1.91. The third-order valence-corrected chi connectivity index (χ3v) is 5.65. The molecule has 8 heteroatoms. The number of hydrogen-bond acceptors (Lipinski definition) is 6. The Kier molecular flexibility index (Phi) is 6.64. The number of aliphatic hydroxyl groups excluding tert-OH is 1. The van der Waals surface area contributed by atoms with Gasteiger partial charge in [-0.2, -0.15) is 0 Å². The molecule has 4 rings (SSSR count). The van der Waals surface area contributed by atoms with E-state index in [-0.39, 0.29) is 23.5 Å². The first-order valence-electron chi connectivity index (χ1n) is 10.8. The summed E-state index contributed by atoms with van der Waals surface area (Å²) < 4.78 is 23.8. The normalized spacial score (nSPS) is 16.9. The van der Waals surface area contributed by atoms with Crippen molar-refractivity contribution in [3.8, 4) is 5.75 Å². The number of carbonyl (C=O) groups excluding carboxylic acids is 3. The summed E-state index contributed by atoms with van der Waals surface area (Å²) in [5.41, 5.74) is 1.21. The van der Waals surface area contributed by atoms with Gasteiger partial charge < -0.3 is 14.6 Å². The number of anilines is 1. The van der Waals surface area contributed by atoms with Crippen LogP contribution in [-0.2, 0) is 14.3 Å². The maximum absolute atomic E-state index is 13.7. The van der Waals surface area contributed by atoms with Crippen LogP contribution in [0, 0.1) is 5.82 Å². The predicted molar refractivity (Wildman–Crippen MR) is 127 cm³/mol. The van der Waals surface area contributed by atoms with Crippen LogP contribution in [0.5, 0.6) is 5.75 Å². The number of nitrogens with zero attached hydrogens (tertiary/aromatic N) is 1. The molecule has 1 saturated heterocycles. The van der Waals surface area contributed by atoms with E-state index >= 15 is 0 Å². The molecule has 1 unspecified atom stereocenters. The molecular formula is C27H22FNO6. The lowest BCUT2D eigenvalue weighted by Crippen LogP contribution is -2.29. The number of ether oxygens (including phenoxy) is 2. The minimum atomic E-state index is -1.02. The van der Waals surface area contributed by atoms with Crippen LogP contribution in [0.3, 0.4) is 0 Å².